The molecule has 1 aliphatic rings. The van der Waals surface area contributed by atoms with Crippen molar-refractivity contribution < 1.29 is 4.74 Å². The first-order valence-electron chi connectivity index (χ1n) is 3.94. The van der Waals surface area contributed by atoms with E-state index in [0.29, 0.717) is 0 Å². The minimum atomic E-state index is -0.495. The van der Waals surface area contributed by atoms with Crippen LogP contribution in [0, 0.1) is 5.53 Å². The van der Waals surface area contributed by atoms with Crippen molar-refractivity contribution in [1.82, 2.24) is 0 Å². The fraction of sp³-hybridized carbons (Fsp3) is 0.111. The molecular weight excluding hydrogens is 264 g/mol. The van der Waals surface area contributed by atoms with E-state index in [4.69, 9.17) is 10.3 Å². The third-order valence-corrected chi connectivity index (χ3v) is 3.54. The van der Waals surface area contributed by atoms with E-state index in [-0.39, 0.29) is 0 Å². The molecule has 1 atom stereocenters. The molecule has 0 aromatic carbocycles. The Kier molecular flexibility index (Phi) is 2.79. The van der Waals surface area contributed by atoms with Crippen LogP contribution in [0.1, 0.15) is 4.88 Å². The molecule has 1 aliphatic heterocycles. The van der Waals surface area contributed by atoms with Crippen LogP contribution in [0.2, 0.25) is 0 Å². The Morgan fingerprint density at radius 2 is 2.43 bits per heavy atom. The second-order valence-electron chi connectivity index (χ2n) is 2.70. The molecule has 0 saturated heterocycles. The molecule has 1 N–H and O–H groups in total. The number of hydrogen-bond acceptors (Lipinski definition) is 4. The Balaban J connectivity index is 2.36. The monoisotopic (exact) mass is 270 g/mol. The molecule has 2 rings (SSSR count). The summed E-state index contributed by atoms with van der Waals surface area (Å²) in [6, 6.07) is 2.00. The lowest BCUT2D eigenvalue weighted by Gasteiger charge is -2.15. The van der Waals surface area contributed by atoms with Gasteiger partial charge < -0.3 is 4.74 Å². The van der Waals surface area contributed by atoms with Crippen LogP contribution in [0.4, 0.5) is 0 Å². The highest BCUT2D eigenvalue weighted by molar-refractivity contribution is 9.10. The van der Waals surface area contributed by atoms with Crippen molar-refractivity contribution in [3.8, 4) is 0 Å². The van der Waals surface area contributed by atoms with Crippen molar-refractivity contribution in [3.05, 3.63) is 39.2 Å². The standard InChI is InChI=1S/C9H7BrN2OS/c10-6-4-8(14-5-6)7-2-1-3-13-9(7)12-11/h1-5,9,11H. The van der Waals surface area contributed by atoms with Crippen LogP contribution < -0.4 is 0 Å². The Morgan fingerprint density at radius 1 is 1.57 bits per heavy atom. The summed E-state index contributed by atoms with van der Waals surface area (Å²) in [4.78, 5) is 1.07. The Labute approximate surface area is 93.7 Å². The molecule has 1 unspecified atom stereocenters. The van der Waals surface area contributed by atoms with Gasteiger partial charge in [0.25, 0.3) is 0 Å². The first-order valence-corrected chi connectivity index (χ1v) is 5.61. The number of rotatable bonds is 2. The van der Waals surface area contributed by atoms with Crippen molar-refractivity contribution in [1.29, 1.82) is 5.53 Å². The molecule has 1 aromatic heterocycles. The summed E-state index contributed by atoms with van der Waals surface area (Å²) in [5.74, 6) is 0. The molecule has 3 nitrogen and oxygen atoms in total. The maximum atomic E-state index is 7.00. The molecule has 14 heavy (non-hydrogen) atoms. The van der Waals surface area contributed by atoms with Gasteiger partial charge in [-0.2, -0.15) is 0 Å². The molecule has 0 amide bonds. The Morgan fingerprint density at radius 3 is 3.07 bits per heavy atom. The molecule has 0 spiro atoms. The zero-order chi connectivity index (χ0) is 9.97. The highest BCUT2D eigenvalue weighted by Crippen LogP contribution is 2.31. The molecular formula is C9H7BrN2OS. The van der Waals surface area contributed by atoms with E-state index in [9.17, 15) is 0 Å². The number of nitrogens with one attached hydrogen (secondary N) is 1. The summed E-state index contributed by atoms with van der Waals surface area (Å²) in [5.41, 5.74) is 7.93. The van der Waals surface area contributed by atoms with E-state index in [1.165, 1.54) is 0 Å². The first kappa shape index (κ1) is 9.61. The maximum absolute atomic E-state index is 7.00. The zero-order valence-electron chi connectivity index (χ0n) is 7.11. The highest BCUT2D eigenvalue weighted by Gasteiger charge is 2.18. The third kappa shape index (κ3) is 1.78. The molecule has 0 saturated carbocycles. The molecule has 1 aromatic rings. The Bertz CT molecular complexity index is 411. The van der Waals surface area contributed by atoms with Crippen molar-refractivity contribution in [2.45, 2.75) is 6.23 Å². The van der Waals surface area contributed by atoms with Gasteiger partial charge >= 0.3 is 0 Å². The van der Waals surface area contributed by atoms with Gasteiger partial charge in [-0.1, -0.05) is 0 Å². The molecule has 0 bridgehead atoms. The van der Waals surface area contributed by atoms with Gasteiger partial charge in [-0.05, 0) is 34.1 Å². The number of ether oxygens (including phenoxy) is 1. The van der Waals surface area contributed by atoms with Crippen molar-refractivity contribution in [2.75, 3.05) is 0 Å². The van der Waals surface area contributed by atoms with Gasteiger partial charge in [-0.3, -0.25) is 0 Å². The fourth-order valence-electron chi connectivity index (χ4n) is 1.19. The number of nitrogens with zero attached hydrogens (tertiary/aromatic N) is 1. The van der Waals surface area contributed by atoms with Gasteiger partial charge in [-0.15, -0.1) is 16.5 Å². The average molecular weight is 271 g/mol. The normalized spacial score (nSPS) is 20.1. The summed E-state index contributed by atoms with van der Waals surface area (Å²) in [7, 11) is 0. The van der Waals surface area contributed by atoms with Gasteiger partial charge in [0.15, 0.2) is 0 Å². The van der Waals surface area contributed by atoms with Gasteiger partial charge in [0.2, 0.25) is 6.23 Å². The fourth-order valence-corrected chi connectivity index (χ4v) is 2.65. The molecule has 0 aliphatic carbocycles. The van der Waals surface area contributed by atoms with Crippen LogP contribution in [0.5, 0.6) is 0 Å². The second kappa shape index (κ2) is 4.06. The maximum Gasteiger partial charge on any atom is 0.234 e. The average Bonchev–Trinajstić information content (AvgIpc) is 2.65. The van der Waals surface area contributed by atoms with Gasteiger partial charge in [-0.25, -0.2) is 5.53 Å². The first-order chi connectivity index (χ1) is 6.81. The van der Waals surface area contributed by atoms with Crippen molar-refractivity contribution in [3.63, 3.8) is 0 Å². The Hall–Kier alpha value is -0.940. The van der Waals surface area contributed by atoms with E-state index in [1.807, 2.05) is 23.6 Å². The minimum absolute atomic E-state index is 0.495. The SMILES string of the molecule is N=NC1OC=CC=C1c1cc(Br)cs1. The van der Waals surface area contributed by atoms with E-state index in [0.717, 1.165) is 14.9 Å². The quantitative estimate of drug-likeness (QED) is 0.817. The van der Waals surface area contributed by atoms with Crippen LogP contribution in [0.25, 0.3) is 5.57 Å². The summed E-state index contributed by atoms with van der Waals surface area (Å²) in [5, 5.41) is 5.41. The second-order valence-corrected chi connectivity index (χ2v) is 4.52. The number of thiophene rings is 1. The van der Waals surface area contributed by atoms with Gasteiger partial charge in [0, 0.05) is 20.3 Å². The summed E-state index contributed by atoms with van der Waals surface area (Å²) in [6.45, 7) is 0. The van der Waals surface area contributed by atoms with Crippen LogP contribution in [-0.2, 0) is 4.74 Å². The minimum Gasteiger partial charge on any atom is -0.470 e. The van der Waals surface area contributed by atoms with Crippen molar-refractivity contribution >= 4 is 32.8 Å². The number of halogens is 1. The van der Waals surface area contributed by atoms with Crippen LogP contribution in [0.3, 0.4) is 0 Å². The summed E-state index contributed by atoms with van der Waals surface area (Å²) >= 11 is 4.99. The lowest BCUT2D eigenvalue weighted by atomic mass is 10.1. The summed E-state index contributed by atoms with van der Waals surface area (Å²) in [6.07, 6.45) is 4.79. The molecule has 5 heteroatoms. The van der Waals surface area contributed by atoms with E-state index < -0.39 is 6.23 Å². The van der Waals surface area contributed by atoms with Crippen LogP contribution >= 0.6 is 27.3 Å². The molecule has 2 heterocycles. The van der Waals surface area contributed by atoms with E-state index in [1.54, 1.807) is 17.6 Å². The predicted molar refractivity (Wildman–Crippen MR) is 59.2 cm³/mol. The van der Waals surface area contributed by atoms with Crippen molar-refractivity contribution in [2.24, 2.45) is 5.11 Å². The predicted octanol–water partition coefficient (Wildman–Crippen LogP) is 3.79. The zero-order valence-corrected chi connectivity index (χ0v) is 9.51. The van der Waals surface area contributed by atoms with Crippen LogP contribution in [-0.4, -0.2) is 6.23 Å². The summed E-state index contributed by atoms with van der Waals surface area (Å²) < 4.78 is 6.23. The highest BCUT2D eigenvalue weighted by atomic mass is 79.9. The lowest BCUT2D eigenvalue weighted by molar-refractivity contribution is 0.190. The number of allylic oxidation sites excluding steroid dienone is 2. The van der Waals surface area contributed by atoms with Crippen LogP contribution in [0.15, 0.2) is 39.4 Å². The lowest BCUT2D eigenvalue weighted by Crippen LogP contribution is -2.09. The smallest absolute Gasteiger partial charge is 0.234 e. The number of hydrogen-bond donors (Lipinski definition) is 1. The topological polar surface area (TPSA) is 45.4 Å². The molecule has 0 fully saturated rings. The third-order valence-electron chi connectivity index (χ3n) is 1.80. The van der Waals surface area contributed by atoms with Gasteiger partial charge in [0.1, 0.15) is 0 Å². The van der Waals surface area contributed by atoms with E-state index in [2.05, 4.69) is 21.0 Å². The van der Waals surface area contributed by atoms with E-state index >= 15 is 0 Å². The molecule has 0 radical (unpaired) electrons. The largest absolute Gasteiger partial charge is 0.470 e. The molecule has 72 valence electrons. The van der Waals surface area contributed by atoms with Gasteiger partial charge in [0.05, 0.1) is 6.26 Å².